The van der Waals surface area contributed by atoms with Crippen LogP contribution in [0.2, 0.25) is 0 Å². The molecule has 2 rings (SSSR count). The summed E-state index contributed by atoms with van der Waals surface area (Å²) in [5.74, 6) is 0.107. The van der Waals surface area contributed by atoms with Crippen LogP contribution in [0.25, 0.3) is 0 Å². The third kappa shape index (κ3) is 6.69. The standard InChI is InChI=1S/C16H20N4O3S.ClH/c1-2-18-14(21)9-23-12-5-3-11(4-6-12)19-16(22)13-10-24-15(20-13)7-8-17;/h3-6,10H,2,7-9,17H2,1H3,(H,18,21)(H,19,22);1H. The largest absolute Gasteiger partial charge is 0.484 e. The number of likely N-dealkylation sites (N-methyl/N-ethyl adjacent to an activating group) is 1. The first-order valence-corrected chi connectivity index (χ1v) is 8.45. The second kappa shape index (κ2) is 10.7. The molecule has 0 saturated carbocycles. The molecule has 25 heavy (non-hydrogen) atoms. The van der Waals surface area contributed by atoms with Gasteiger partial charge in [-0.25, -0.2) is 4.98 Å². The van der Waals surface area contributed by atoms with Crippen LogP contribution in [0.15, 0.2) is 29.6 Å². The van der Waals surface area contributed by atoms with E-state index in [1.165, 1.54) is 11.3 Å². The topological polar surface area (TPSA) is 106 Å². The number of halogens is 1. The summed E-state index contributed by atoms with van der Waals surface area (Å²) in [5.41, 5.74) is 6.47. The molecule has 0 spiro atoms. The van der Waals surface area contributed by atoms with Crippen LogP contribution in [0.4, 0.5) is 5.69 Å². The van der Waals surface area contributed by atoms with Crippen LogP contribution < -0.4 is 21.1 Å². The minimum Gasteiger partial charge on any atom is -0.484 e. The average molecular weight is 385 g/mol. The number of nitrogens with one attached hydrogen (secondary N) is 2. The molecule has 1 aromatic heterocycles. The minimum absolute atomic E-state index is 0. The Kier molecular flexibility index (Phi) is 8.90. The van der Waals surface area contributed by atoms with E-state index in [4.69, 9.17) is 10.5 Å². The van der Waals surface area contributed by atoms with Crippen molar-refractivity contribution in [3.05, 3.63) is 40.3 Å². The summed E-state index contributed by atoms with van der Waals surface area (Å²) in [7, 11) is 0. The number of carbonyl (C=O) groups excluding carboxylic acids is 2. The lowest BCUT2D eigenvalue weighted by molar-refractivity contribution is -0.122. The highest BCUT2D eigenvalue weighted by atomic mass is 35.5. The van der Waals surface area contributed by atoms with Crippen LogP contribution in [0.5, 0.6) is 5.75 Å². The number of anilines is 1. The van der Waals surface area contributed by atoms with Crippen LogP contribution in [-0.2, 0) is 11.2 Å². The van der Waals surface area contributed by atoms with Gasteiger partial charge in [0.05, 0.1) is 5.01 Å². The molecule has 4 N–H and O–H groups in total. The predicted octanol–water partition coefficient (Wildman–Crippen LogP) is 1.83. The molecular weight excluding hydrogens is 364 g/mol. The van der Waals surface area contributed by atoms with E-state index in [9.17, 15) is 9.59 Å². The number of benzene rings is 1. The van der Waals surface area contributed by atoms with Crippen molar-refractivity contribution >= 4 is 41.2 Å². The van der Waals surface area contributed by atoms with E-state index in [1.807, 2.05) is 6.92 Å². The molecule has 0 atom stereocenters. The number of nitrogens with zero attached hydrogens (tertiary/aromatic N) is 1. The van der Waals surface area contributed by atoms with Gasteiger partial charge in [0.1, 0.15) is 11.4 Å². The van der Waals surface area contributed by atoms with Crippen LogP contribution in [-0.4, -0.2) is 36.5 Å². The van der Waals surface area contributed by atoms with Gasteiger partial charge < -0.3 is 21.1 Å². The van der Waals surface area contributed by atoms with E-state index in [0.717, 1.165) is 5.01 Å². The Labute approximate surface area is 156 Å². The van der Waals surface area contributed by atoms with Gasteiger partial charge in [0.15, 0.2) is 6.61 Å². The smallest absolute Gasteiger partial charge is 0.275 e. The molecule has 9 heteroatoms. The number of nitrogens with two attached hydrogens (primary N) is 1. The fraction of sp³-hybridized carbons (Fsp3) is 0.312. The lowest BCUT2D eigenvalue weighted by Crippen LogP contribution is -2.28. The van der Waals surface area contributed by atoms with E-state index >= 15 is 0 Å². The van der Waals surface area contributed by atoms with Gasteiger partial charge in [-0.1, -0.05) is 0 Å². The molecule has 0 aliphatic carbocycles. The fourth-order valence-electron chi connectivity index (χ4n) is 1.88. The van der Waals surface area contributed by atoms with Crippen LogP contribution >= 0.6 is 23.7 Å². The monoisotopic (exact) mass is 384 g/mol. The number of rotatable bonds is 8. The van der Waals surface area contributed by atoms with Crippen molar-refractivity contribution in [1.82, 2.24) is 10.3 Å². The molecule has 0 radical (unpaired) electrons. The molecule has 2 amide bonds. The molecule has 0 bridgehead atoms. The summed E-state index contributed by atoms with van der Waals surface area (Å²) in [6.45, 7) is 2.88. The van der Waals surface area contributed by atoms with Crippen molar-refractivity contribution < 1.29 is 14.3 Å². The summed E-state index contributed by atoms with van der Waals surface area (Å²) in [6.07, 6.45) is 0.662. The molecule has 0 aliphatic heterocycles. The van der Waals surface area contributed by atoms with E-state index < -0.39 is 0 Å². The minimum atomic E-state index is -0.273. The number of aromatic nitrogens is 1. The number of amides is 2. The Morgan fingerprint density at radius 1 is 1.28 bits per heavy atom. The van der Waals surface area contributed by atoms with Crippen LogP contribution in [0.1, 0.15) is 22.4 Å². The summed E-state index contributed by atoms with van der Waals surface area (Å²) in [6, 6.07) is 6.79. The van der Waals surface area contributed by atoms with E-state index in [2.05, 4.69) is 15.6 Å². The Balaban J connectivity index is 0.00000312. The summed E-state index contributed by atoms with van der Waals surface area (Å²) in [5, 5.41) is 7.97. The number of carbonyl (C=O) groups is 2. The van der Waals surface area contributed by atoms with Crippen molar-refractivity contribution in [3.8, 4) is 5.75 Å². The maximum atomic E-state index is 12.1. The maximum Gasteiger partial charge on any atom is 0.275 e. The van der Waals surface area contributed by atoms with Crippen molar-refractivity contribution in [2.24, 2.45) is 5.73 Å². The highest BCUT2D eigenvalue weighted by molar-refractivity contribution is 7.09. The first-order valence-electron chi connectivity index (χ1n) is 7.57. The second-order valence-electron chi connectivity index (χ2n) is 4.89. The zero-order valence-corrected chi connectivity index (χ0v) is 15.4. The zero-order chi connectivity index (χ0) is 17.4. The molecule has 136 valence electrons. The van der Waals surface area contributed by atoms with E-state index in [-0.39, 0.29) is 30.8 Å². The van der Waals surface area contributed by atoms with Crippen LogP contribution in [0, 0.1) is 0 Å². The Morgan fingerprint density at radius 3 is 2.64 bits per heavy atom. The first kappa shape index (κ1) is 20.9. The summed E-state index contributed by atoms with van der Waals surface area (Å²) >= 11 is 1.42. The quantitative estimate of drug-likeness (QED) is 0.643. The Bertz CT molecular complexity index is 691. The fourth-order valence-corrected chi connectivity index (χ4v) is 2.67. The number of thiazole rings is 1. The SMILES string of the molecule is CCNC(=O)COc1ccc(NC(=O)c2csc(CCN)n2)cc1.Cl. The lowest BCUT2D eigenvalue weighted by Gasteiger charge is -2.07. The van der Waals surface area contributed by atoms with Gasteiger partial charge in [0, 0.05) is 24.0 Å². The van der Waals surface area contributed by atoms with Gasteiger partial charge >= 0.3 is 0 Å². The Hall–Kier alpha value is -2.16. The van der Waals surface area contributed by atoms with Crippen molar-refractivity contribution in [3.63, 3.8) is 0 Å². The first-order chi connectivity index (χ1) is 11.6. The van der Waals surface area contributed by atoms with Crippen molar-refractivity contribution in [2.75, 3.05) is 25.0 Å². The third-order valence-corrected chi connectivity index (χ3v) is 3.91. The highest BCUT2D eigenvalue weighted by Crippen LogP contribution is 2.17. The third-order valence-electron chi connectivity index (χ3n) is 3.00. The predicted molar refractivity (Wildman–Crippen MR) is 101 cm³/mol. The van der Waals surface area contributed by atoms with Gasteiger partial charge in [-0.2, -0.15) is 0 Å². The normalized spacial score (nSPS) is 9.84. The van der Waals surface area contributed by atoms with Gasteiger partial charge in [0.2, 0.25) is 0 Å². The molecule has 1 aromatic carbocycles. The van der Waals surface area contributed by atoms with Crippen molar-refractivity contribution in [1.29, 1.82) is 0 Å². The molecule has 0 aliphatic rings. The van der Waals surface area contributed by atoms with Gasteiger partial charge in [0.25, 0.3) is 11.8 Å². The molecule has 0 unspecified atom stereocenters. The van der Waals surface area contributed by atoms with Gasteiger partial charge in [-0.15, -0.1) is 23.7 Å². The zero-order valence-electron chi connectivity index (χ0n) is 13.8. The number of hydrogen-bond donors (Lipinski definition) is 3. The van der Waals surface area contributed by atoms with E-state index in [1.54, 1.807) is 29.6 Å². The number of ether oxygens (including phenoxy) is 1. The molecule has 0 fully saturated rings. The van der Waals surface area contributed by atoms with Crippen molar-refractivity contribution in [2.45, 2.75) is 13.3 Å². The summed E-state index contributed by atoms with van der Waals surface area (Å²) < 4.78 is 5.35. The van der Waals surface area contributed by atoms with Gasteiger partial charge in [-0.05, 0) is 37.7 Å². The van der Waals surface area contributed by atoms with Crippen LogP contribution in [0.3, 0.4) is 0 Å². The Morgan fingerprint density at radius 2 is 2.00 bits per heavy atom. The second-order valence-corrected chi connectivity index (χ2v) is 5.83. The molecule has 1 heterocycles. The molecule has 7 nitrogen and oxygen atoms in total. The maximum absolute atomic E-state index is 12.1. The molecule has 2 aromatic rings. The molecular formula is C16H21ClN4O3S. The number of hydrogen-bond acceptors (Lipinski definition) is 6. The summed E-state index contributed by atoms with van der Waals surface area (Å²) in [4.78, 5) is 27.7. The molecule has 0 saturated heterocycles. The lowest BCUT2D eigenvalue weighted by atomic mass is 10.3. The average Bonchev–Trinajstić information content (AvgIpc) is 3.04. The highest BCUT2D eigenvalue weighted by Gasteiger charge is 2.11. The van der Waals surface area contributed by atoms with E-state index in [0.29, 0.717) is 36.6 Å². The van der Waals surface area contributed by atoms with Gasteiger partial charge in [-0.3, -0.25) is 9.59 Å².